The normalized spacial score (nSPS) is 25.5. The van der Waals surface area contributed by atoms with Crippen LogP contribution in [0.5, 0.6) is 5.75 Å². The lowest BCUT2D eigenvalue weighted by atomic mass is 9.60. The van der Waals surface area contributed by atoms with Crippen LogP contribution >= 0.6 is 0 Å². The highest BCUT2D eigenvalue weighted by atomic mass is 16.5. The number of hydrogen-bond acceptors (Lipinski definition) is 4. The first-order valence-electron chi connectivity index (χ1n) is 12.2. The van der Waals surface area contributed by atoms with Crippen LogP contribution in [0.2, 0.25) is 0 Å². The zero-order valence-electron chi connectivity index (χ0n) is 20.2. The molecule has 1 aromatic rings. The van der Waals surface area contributed by atoms with Gasteiger partial charge in [-0.2, -0.15) is 0 Å². The van der Waals surface area contributed by atoms with Crippen molar-refractivity contribution in [3.05, 3.63) is 29.8 Å². The average Bonchev–Trinajstić information content (AvgIpc) is 3.25. The highest BCUT2D eigenvalue weighted by Crippen LogP contribution is 2.57. The van der Waals surface area contributed by atoms with Crippen molar-refractivity contribution < 1.29 is 14.3 Å². The lowest BCUT2D eigenvalue weighted by Gasteiger charge is -2.47. The lowest BCUT2D eigenvalue weighted by Crippen LogP contribution is -2.53. The van der Waals surface area contributed by atoms with E-state index in [0.717, 1.165) is 76.4 Å². The summed E-state index contributed by atoms with van der Waals surface area (Å²) in [5.74, 6) is 1.91. The molecule has 3 aliphatic rings. The number of likely N-dealkylation sites (tertiary alicyclic amines) is 3. The molecular formula is C26H39N3O3. The number of rotatable bonds is 6. The van der Waals surface area contributed by atoms with Crippen LogP contribution in [0, 0.1) is 16.7 Å². The summed E-state index contributed by atoms with van der Waals surface area (Å²) in [5.41, 5.74) is 0.717. The summed E-state index contributed by atoms with van der Waals surface area (Å²) in [7, 11) is 1.65. The van der Waals surface area contributed by atoms with Gasteiger partial charge in [0.1, 0.15) is 5.75 Å². The van der Waals surface area contributed by atoms with E-state index in [1.807, 2.05) is 29.2 Å². The van der Waals surface area contributed by atoms with Gasteiger partial charge < -0.3 is 19.4 Å². The van der Waals surface area contributed by atoms with Crippen LogP contribution in [0.4, 0.5) is 0 Å². The number of piperidine rings is 1. The standard InChI is InChI=1S/C26H39N3O3/c1-5-28-14-11-26(24(28)31)19-27(17-20(2)3)18-25(26)9-12-29(13-10-25)23(30)16-21-7-6-8-22(15-21)32-4/h6-8,15,20H,5,9-14,16-19H2,1-4H3/t26-/m0/s1. The third-order valence-corrected chi connectivity index (χ3v) is 8.11. The summed E-state index contributed by atoms with van der Waals surface area (Å²) in [6.07, 6.45) is 3.22. The molecule has 3 fully saturated rings. The van der Waals surface area contributed by atoms with Crippen LogP contribution in [0.1, 0.15) is 45.6 Å². The first-order chi connectivity index (χ1) is 15.3. The Bertz CT molecular complexity index is 846. The molecule has 0 radical (unpaired) electrons. The van der Waals surface area contributed by atoms with Gasteiger partial charge in [-0.05, 0) is 49.8 Å². The molecule has 6 nitrogen and oxygen atoms in total. The Labute approximate surface area is 192 Å². The van der Waals surface area contributed by atoms with Gasteiger partial charge in [-0.1, -0.05) is 26.0 Å². The molecule has 1 atom stereocenters. The van der Waals surface area contributed by atoms with E-state index in [2.05, 4.69) is 30.6 Å². The summed E-state index contributed by atoms with van der Waals surface area (Å²) in [6, 6.07) is 7.76. The molecule has 0 saturated carbocycles. The highest BCUT2D eigenvalue weighted by molar-refractivity contribution is 5.87. The van der Waals surface area contributed by atoms with Gasteiger partial charge in [-0.3, -0.25) is 9.59 Å². The Morgan fingerprint density at radius 3 is 2.50 bits per heavy atom. The van der Waals surface area contributed by atoms with E-state index in [9.17, 15) is 9.59 Å². The van der Waals surface area contributed by atoms with Gasteiger partial charge in [-0.15, -0.1) is 0 Å². The van der Waals surface area contributed by atoms with Gasteiger partial charge >= 0.3 is 0 Å². The Kier molecular flexibility index (Phi) is 6.53. The maximum absolute atomic E-state index is 13.6. The van der Waals surface area contributed by atoms with Crippen molar-refractivity contribution in [1.82, 2.24) is 14.7 Å². The second-order valence-corrected chi connectivity index (χ2v) is 10.5. The molecule has 3 aliphatic heterocycles. The van der Waals surface area contributed by atoms with Crippen LogP contribution in [0.25, 0.3) is 0 Å². The van der Waals surface area contributed by atoms with E-state index in [0.29, 0.717) is 18.2 Å². The van der Waals surface area contributed by atoms with E-state index >= 15 is 0 Å². The van der Waals surface area contributed by atoms with Crippen LogP contribution in [0.3, 0.4) is 0 Å². The topological polar surface area (TPSA) is 53.1 Å². The van der Waals surface area contributed by atoms with Crippen molar-refractivity contribution in [2.45, 2.75) is 46.5 Å². The number of methoxy groups -OCH3 is 1. The number of carbonyl (C=O) groups excluding carboxylic acids is 2. The van der Waals surface area contributed by atoms with E-state index in [1.54, 1.807) is 7.11 Å². The van der Waals surface area contributed by atoms with Gasteiger partial charge in [0.15, 0.2) is 0 Å². The maximum Gasteiger partial charge on any atom is 0.230 e. The molecule has 6 heteroatoms. The predicted molar refractivity (Wildman–Crippen MR) is 126 cm³/mol. The molecule has 1 aromatic carbocycles. The van der Waals surface area contributed by atoms with Gasteiger partial charge in [-0.25, -0.2) is 0 Å². The predicted octanol–water partition coefficient (Wildman–Crippen LogP) is 3.06. The monoisotopic (exact) mass is 441 g/mol. The third kappa shape index (κ3) is 4.02. The number of fused-ring (bicyclic) bond motifs is 1. The second-order valence-electron chi connectivity index (χ2n) is 10.5. The van der Waals surface area contributed by atoms with Gasteiger partial charge in [0, 0.05) is 51.2 Å². The summed E-state index contributed by atoms with van der Waals surface area (Å²) < 4.78 is 5.30. The summed E-state index contributed by atoms with van der Waals surface area (Å²) in [4.78, 5) is 33.3. The van der Waals surface area contributed by atoms with Crippen molar-refractivity contribution in [3.8, 4) is 5.75 Å². The Morgan fingerprint density at radius 2 is 1.88 bits per heavy atom. The zero-order valence-corrected chi connectivity index (χ0v) is 20.2. The lowest BCUT2D eigenvalue weighted by molar-refractivity contribution is -0.143. The molecule has 32 heavy (non-hydrogen) atoms. The molecule has 3 heterocycles. The molecule has 2 amide bonds. The van der Waals surface area contributed by atoms with Crippen molar-refractivity contribution >= 4 is 11.8 Å². The highest BCUT2D eigenvalue weighted by Gasteiger charge is 2.64. The van der Waals surface area contributed by atoms with Crippen molar-refractivity contribution in [2.75, 3.05) is 52.9 Å². The van der Waals surface area contributed by atoms with Gasteiger partial charge in [0.25, 0.3) is 0 Å². The first kappa shape index (κ1) is 23.1. The van der Waals surface area contributed by atoms with Crippen molar-refractivity contribution in [1.29, 1.82) is 0 Å². The minimum Gasteiger partial charge on any atom is -0.497 e. The van der Waals surface area contributed by atoms with Gasteiger partial charge in [0.2, 0.25) is 11.8 Å². The Hall–Kier alpha value is -2.08. The number of nitrogens with zero attached hydrogens (tertiary/aromatic N) is 3. The third-order valence-electron chi connectivity index (χ3n) is 8.11. The molecular weight excluding hydrogens is 402 g/mol. The molecule has 0 aromatic heterocycles. The number of hydrogen-bond donors (Lipinski definition) is 0. The molecule has 2 spiro atoms. The number of carbonyl (C=O) groups is 2. The fraction of sp³-hybridized carbons (Fsp3) is 0.692. The number of amides is 2. The van der Waals surface area contributed by atoms with Gasteiger partial charge in [0.05, 0.1) is 18.9 Å². The van der Waals surface area contributed by atoms with Crippen LogP contribution in [-0.4, -0.2) is 79.4 Å². The molecule has 3 saturated heterocycles. The fourth-order valence-electron chi connectivity index (χ4n) is 6.50. The molecule has 0 bridgehead atoms. The quantitative estimate of drug-likeness (QED) is 0.681. The van der Waals surface area contributed by atoms with E-state index < -0.39 is 0 Å². The van der Waals surface area contributed by atoms with Crippen LogP contribution in [0.15, 0.2) is 24.3 Å². The SMILES string of the molecule is CCN1CC[C@]2(CN(CC(C)C)CC23CCN(C(=O)Cc2cccc(OC)c2)CC3)C1=O. The van der Waals surface area contributed by atoms with Crippen molar-refractivity contribution in [3.63, 3.8) is 0 Å². The van der Waals surface area contributed by atoms with Crippen molar-refractivity contribution in [2.24, 2.45) is 16.7 Å². The minimum absolute atomic E-state index is 0.00432. The molecule has 0 N–H and O–H groups in total. The van der Waals surface area contributed by atoms with E-state index in [4.69, 9.17) is 4.74 Å². The summed E-state index contributed by atoms with van der Waals surface area (Å²) in [5, 5.41) is 0. The van der Waals surface area contributed by atoms with Crippen LogP contribution in [-0.2, 0) is 16.0 Å². The van der Waals surface area contributed by atoms with E-state index in [1.165, 1.54) is 0 Å². The molecule has 176 valence electrons. The smallest absolute Gasteiger partial charge is 0.230 e. The summed E-state index contributed by atoms with van der Waals surface area (Å²) >= 11 is 0. The number of ether oxygens (including phenoxy) is 1. The summed E-state index contributed by atoms with van der Waals surface area (Å²) in [6.45, 7) is 12.7. The minimum atomic E-state index is -0.264. The van der Waals surface area contributed by atoms with E-state index in [-0.39, 0.29) is 16.7 Å². The average molecular weight is 442 g/mol. The zero-order chi connectivity index (χ0) is 22.9. The molecule has 4 rings (SSSR count). The largest absolute Gasteiger partial charge is 0.497 e. The molecule has 0 unspecified atom stereocenters. The maximum atomic E-state index is 13.6. The molecule has 0 aliphatic carbocycles. The first-order valence-corrected chi connectivity index (χ1v) is 12.2. The number of benzene rings is 1. The van der Waals surface area contributed by atoms with Crippen LogP contribution < -0.4 is 4.74 Å². The second kappa shape index (κ2) is 9.05. The fourth-order valence-corrected chi connectivity index (χ4v) is 6.50. The Balaban J connectivity index is 1.48. The Morgan fingerprint density at radius 1 is 1.12 bits per heavy atom.